The molecule has 0 saturated carbocycles. The molecular weight excluding hydrogens is 426 g/mol. The predicted octanol–water partition coefficient (Wildman–Crippen LogP) is 3.53. The number of nitrogens with zero attached hydrogens (tertiary/aromatic N) is 2. The van der Waals surface area contributed by atoms with Gasteiger partial charge in [0.2, 0.25) is 5.91 Å². The van der Waals surface area contributed by atoms with Gasteiger partial charge in [-0.3, -0.25) is 18.7 Å². The van der Waals surface area contributed by atoms with Crippen molar-refractivity contribution in [2.24, 2.45) is 0 Å². The Morgan fingerprint density at radius 3 is 2.72 bits per heavy atom. The summed E-state index contributed by atoms with van der Waals surface area (Å²) in [5, 5.41) is 6.16. The van der Waals surface area contributed by atoms with E-state index >= 15 is 0 Å². The number of amides is 2. The van der Waals surface area contributed by atoms with E-state index in [1.165, 1.54) is 10.5 Å². The Labute approximate surface area is 189 Å². The normalized spacial score (nSPS) is 18.2. The Bertz CT molecular complexity index is 1130. The first kappa shape index (κ1) is 22.0. The van der Waals surface area contributed by atoms with Gasteiger partial charge in [-0.2, -0.15) is 0 Å². The molecule has 2 amide bonds. The van der Waals surface area contributed by atoms with E-state index in [2.05, 4.69) is 22.6 Å². The first-order valence-electron chi connectivity index (χ1n) is 10.6. The highest BCUT2D eigenvalue weighted by atomic mass is 32.2. The summed E-state index contributed by atoms with van der Waals surface area (Å²) < 4.78 is 17.8. The number of anilines is 1. The van der Waals surface area contributed by atoms with E-state index in [1.54, 1.807) is 37.3 Å². The number of hydrogen-bond acceptors (Lipinski definition) is 5. The second-order valence-corrected chi connectivity index (χ2v) is 9.26. The lowest BCUT2D eigenvalue weighted by atomic mass is 10.1. The Hall–Kier alpha value is -3.26. The van der Waals surface area contributed by atoms with Crippen LogP contribution in [0.3, 0.4) is 0 Å². The topological polar surface area (TPSA) is 92.5 Å². The van der Waals surface area contributed by atoms with Crippen LogP contribution < -0.4 is 10.2 Å². The van der Waals surface area contributed by atoms with Crippen LogP contribution in [0.15, 0.2) is 65.2 Å². The third-order valence-corrected chi connectivity index (χ3v) is 6.85. The van der Waals surface area contributed by atoms with Gasteiger partial charge in [0.15, 0.2) is 5.82 Å². The summed E-state index contributed by atoms with van der Waals surface area (Å²) in [7, 11) is -1.45. The van der Waals surface area contributed by atoms with Gasteiger partial charge in [-0.05, 0) is 49.4 Å². The zero-order chi connectivity index (χ0) is 22.5. The molecule has 2 atom stereocenters. The molecule has 1 fully saturated rings. The Kier molecular flexibility index (Phi) is 6.80. The minimum atomic E-state index is -1.45. The van der Waals surface area contributed by atoms with Gasteiger partial charge in [0.25, 0.3) is 5.91 Å². The SMILES string of the molecule is Cc1cc(N2C(=O)CS(=O)C2c2cccc(C(=O)NCCCCc3ccccc3)c2)no1. The molecule has 1 saturated heterocycles. The van der Waals surface area contributed by atoms with Crippen LogP contribution in [0.2, 0.25) is 0 Å². The second-order valence-electron chi connectivity index (χ2n) is 7.76. The van der Waals surface area contributed by atoms with Gasteiger partial charge in [-0.1, -0.05) is 47.6 Å². The number of hydrogen-bond donors (Lipinski definition) is 1. The fourth-order valence-electron chi connectivity index (χ4n) is 3.77. The largest absolute Gasteiger partial charge is 0.360 e. The molecule has 2 heterocycles. The fraction of sp³-hybridized carbons (Fsp3) is 0.292. The average Bonchev–Trinajstić information content (AvgIpc) is 3.35. The summed E-state index contributed by atoms with van der Waals surface area (Å²) in [6, 6.07) is 18.8. The van der Waals surface area contributed by atoms with Crippen molar-refractivity contribution in [3.05, 3.63) is 83.1 Å². The summed E-state index contributed by atoms with van der Waals surface area (Å²) in [4.78, 5) is 26.5. The van der Waals surface area contributed by atoms with Crippen LogP contribution in [0.1, 0.15) is 45.5 Å². The number of carbonyl (C=O) groups is 2. The van der Waals surface area contributed by atoms with Gasteiger partial charge < -0.3 is 9.84 Å². The van der Waals surface area contributed by atoms with E-state index in [9.17, 15) is 13.8 Å². The average molecular weight is 452 g/mol. The molecular formula is C24H25N3O4S. The van der Waals surface area contributed by atoms with E-state index < -0.39 is 16.2 Å². The smallest absolute Gasteiger partial charge is 0.251 e. The number of aryl methyl sites for hydroxylation is 2. The molecule has 1 aromatic heterocycles. The molecule has 166 valence electrons. The summed E-state index contributed by atoms with van der Waals surface area (Å²) in [6.45, 7) is 2.31. The minimum absolute atomic E-state index is 0.0889. The molecule has 0 aliphatic carbocycles. The van der Waals surface area contributed by atoms with Crippen molar-refractivity contribution < 1.29 is 18.3 Å². The minimum Gasteiger partial charge on any atom is -0.360 e. The van der Waals surface area contributed by atoms with E-state index in [1.807, 2.05) is 18.2 Å². The zero-order valence-corrected chi connectivity index (χ0v) is 18.6. The van der Waals surface area contributed by atoms with Crippen LogP contribution in [0.25, 0.3) is 0 Å². The lowest BCUT2D eigenvalue weighted by Gasteiger charge is -2.21. The maximum atomic E-state index is 12.7. The van der Waals surface area contributed by atoms with Crippen LogP contribution in [0, 0.1) is 6.92 Å². The summed E-state index contributed by atoms with van der Waals surface area (Å²) in [6.07, 6.45) is 2.84. The van der Waals surface area contributed by atoms with Crippen molar-refractivity contribution in [2.45, 2.75) is 31.6 Å². The number of nitrogens with one attached hydrogen (secondary N) is 1. The lowest BCUT2D eigenvalue weighted by molar-refractivity contribution is -0.115. The summed E-state index contributed by atoms with van der Waals surface area (Å²) in [5.41, 5.74) is 2.39. The third kappa shape index (κ3) is 4.96. The maximum Gasteiger partial charge on any atom is 0.251 e. The Balaban J connectivity index is 1.39. The van der Waals surface area contributed by atoms with Crippen LogP contribution >= 0.6 is 0 Å². The van der Waals surface area contributed by atoms with Crippen molar-refractivity contribution in [1.29, 1.82) is 0 Å². The maximum absolute atomic E-state index is 12.7. The molecule has 0 spiro atoms. The first-order valence-corrected chi connectivity index (χ1v) is 12.0. The standard InChI is InChI=1S/C24H25N3O4S/c1-17-14-21(26-31-17)27-22(28)16-32(30)24(27)20-12-7-11-19(15-20)23(29)25-13-6-5-10-18-8-3-2-4-9-18/h2-4,7-9,11-12,14-15,24H,5-6,10,13,16H2,1H3,(H,25,29). The number of rotatable bonds is 8. The second kappa shape index (κ2) is 9.91. The van der Waals surface area contributed by atoms with Crippen LogP contribution in [-0.2, 0) is 22.0 Å². The van der Waals surface area contributed by atoms with E-state index in [0.29, 0.717) is 29.2 Å². The van der Waals surface area contributed by atoms with E-state index in [0.717, 1.165) is 19.3 Å². The van der Waals surface area contributed by atoms with E-state index in [4.69, 9.17) is 4.52 Å². The molecule has 32 heavy (non-hydrogen) atoms. The quantitative estimate of drug-likeness (QED) is 0.529. The van der Waals surface area contributed by atoms with Gasteiger partial charge in [0, 0.05) is 18.2 Å². The predicted molar refractivity (Wildman–Crippen MR) is 123 cm³/mol. The zero-order valence-electron chi connectivity index (χ0n) is 17.8. The number of aromatic nitrogens is 1. The summed E-state index contributed by atoms with van der Waals surface area (Å²) in [5.74, 6) is 0.329. The fourth-order valence-corrected chi connectivity index (χ4v) is 5.22. The van der Waals surface area contributed by atoms with Crippen LogP contribution in [0.5, 0.6) is 0 Å². The van der Waals surface area contributed by atoms with Crippen molar-refractivity contribution in [3.63, 3.8) is 0 Å². The van der Waals surface area contributed by atoms with Crippen LogP contribution in [-0.4, -0.2) is 33.5 Å². The number of unbranched alkanes of at least 4 members (excludes halogenated alkanes) is 1. The monoisotopic (exact) mass is 451 g/mol. The van der Waals surface area contributed by atoms with Gasteiger partial charge in [-0.25, -0.2) is 0 Å². The molecule has 1 aliphatic rings. The molecule has 1 N–H and O–H groups in total. The number of carbonyl (C=O) groups excluding carboxylic acids is 2. The highest BCUT2D eigenvalue weighted by molar-refractivity contribution is 7.86. The van der Waals surface area contributed by atoms with Crippen molar-refractivity contribution in [1.82, 2.24) is 10.5 Å². The van der Waals surface area contributed by atoms with Gasteiger partial charge in [-0.15, -0.1) is 0 Å². The first-order chi connectivity index (χ1) is 15.5. The Morgan fingerprint density at radius 1 is 1.16 bits per heavy atom. The van der Waals surface area contributed by atoms with E-state index in [-0.39, 0.29) is 17.6 Å². The molecule has 0 radical (unpaired) electrons. The van der Waals surface area contributed by atoms with Gasteiger partial charge in [0.1, 0.15) is 16.9 Å². The molecule has 4 rings (SSSR count). The third-order valence-electron chi connectivity index (χ3n) is 5.33. The highest BCUT2D eigenvalue weighted by Crippen LogP contribution is 2.35. The van der Waals surface area contributed by atoms with Gasteiger partial charge >= 0.3 is 0 Å². The molecule has 0 bridgehead atoms. The van der Waals surface area contributed by atoms with Crippen molar-refractivity contribution in [3.8, 4) is 0 Å². The molecule has 1 aliphatic heterocycles. The molecule has 7 nitrogen and oxygen atoms in total. The Morgan fingerprint density at radius 2 is 1.97 bits per heavy atom. The van der Waals surface area contributed by atoms with Crippen molar-refractivity contribution in [2.75, 3.05) is 17.2 Å². The lowest BCUT2D eigenvalue weighted by Crippen LogP contribution is -2.29. The van der Waals surface area contributed by atoms with Crippen molar-refractivity contribution >= 4 is 28.4 Å². The molecule has 8 heteroatoms. The summed E-state index contributed by atoms with van der Waals surface area (Å²) >= 11 is 0. The van der Waals surface area contributed by atoms with Crippen LogP contribution in [0.4, 0.5) is 5.82 Å². The molecule has 2 unspecified atom stereocenters. The highest BCUT2D eigenvalue weighted by Gasteiger charge is 2.41. The number of benzene rings is 2. The molecule has 3 aromatic rings. The van der Waals surface area contributed by atoms with Gasteiger partial charge in [0.05, 0.1) is 10.8 Å². The molecule has 2 aromatic carbocycles.